The van der Waals surface area contributed by atoms with Crippen LogP contribution in [0.2, 0.25) is 0 Å². The standard InChI is InChI=1S/C22H24FNO/c1-2-3-4-5-8-14-25-22-16-21(17-10-9-11-18(23)15-17)24-20-13-7-6-12-19(20)22/h6-7,9-13,15-16H,2-5,8,14H2,1H3. The summed E-state index contributed by atoms with van der Waals surface area (Å²) < 4.78 is 19.6. The van der Waals surface area contributed by atoms with E-state index in [-0.39, 0.29) is 5.82 Å². The molecule has 2 aromatic carbocycles. The molecule has 0 fully saturated rings. The van der Waals surface area contributed by atoms with Gasteiger partial charge < -0.3 is 4.74 Å². The SMILES string of the molecule is CCCCCCCOc1cc(-c2cccc(F)c2)nc2ccccc12. The lowest BCUT2D eigenvalue weighted by molar-refractivity contribution is 0.308. The van der Waals surface area contributed by atoms with Crippen molar-refractivity contribution in [2.75, 3.05) is 6.61 Å². The molecule has 0 bridgehead atoms. The van der Waals surface area contributed by atoms with Gasteiger partial charge in [-0.2, -0.15) is 0 Å². The van der Waals surface area contributed by atoms with Gasteiger partial charge in [0.25, 0.3) is 0 Å². The van der Waals surface area contributed by atoms with Crippen LogP contribution < -0.4 is 4.74 Å². The number of para-hydroxylation sites is 1. The van der Waals surface area contributed by atoms with Crippen molar-refractivity contribution >= 4 is 10.9 Å². The lowest BCUT2D eigenvalue weighted by Crippen LogP contribution is -1.99. The lowest BCUT2D eigenvalue weighted by Gasteiger charge is -2.12. The smallest absolute Gasteiger partial charge is 0.130 e. The molecule has 1 heterocycles. The molecule has 0 saturated heterocycles. The Balaban J connectivity index is 1.83. The zero-order chi connectivity index (χ0) is 17.5. The number of ether oxygens (including phenoxy) is 1. The van der Waals surface area contributed by atoms with Crippen LogP contribution in [0.4, 0.5) is 4.39 Å². The first-order chi connectivity index (χ1) is 12.3. The molecule has 3 aromatic rings. The number of fused-ring (bicyclic) bond motifs is 1. The first-order valence-electron chi connectivity index (χ1n) is 9.06. The molecule has 3 rings (SSSR count). The number of hydrogen-bond acceptors (Lipinski definition) is 2. The van der Waals surface area contributed by atoms with Gasteiger partial charge in [0.2, 0.25) is 0 Å². The quantitative estimate of drug-likeness (QED) is 0.444. The van der Waals surface area contributed by atoms with Crippen LogP contribution >= 0.6 is 0 Å². The van der Waals surface area contributed by atoms with Gasteiger partial charge in [0.1, 0.15) is 11.6 Å². The number of nitrogens with zero attached hydrogens (tertiary/aromatic N) is 1. The second kappa shape index (κ2) is 8.61. The van der Waals surface area contributed by atoms with Gasteiger partial charge in [0, 0.05) is 17.0 Å². The number of pyridine rings is 1. The van der Waals surface area contributed by atoms with Crippen LogP contribution in [-0.4, -0.2) is 11.6 Å². The van der Waals surface area contributed by atoms with Crippen molar-refractivity contribution in [1.29, 1.82) is 0 Å². The van der Waals surface area contributed by atoms with Crippen LogP contribution in [-0.2, 0) is 0 Å². The Morgan fingerprint density at radius 3 is 2.60 bits per heavy atom. The van der Waals surface area contributed by atoms with Crippen LogP contribution in [0.25, 0.3) is 22.2 Å². The molecule has 2 nitrogen and oxygen atoms in total. The number of rotatable bonds is 8. The van der Waals surface area contributed by atoms with Gasteiger partial charge in [-0.3, -0.25) is 0 Å². The van der Waals surface area contributed by atoms with Crippen LogP contribution in [0.1, 0.15) is 39.0 Å². The van der Waals surface area contributed by atoms with E-state index in [4.69, 9.17) is 4.74 Å². The highest BCUT2D eigenvalue weighted by molar-refractivity contribution is 5.87. The van der Waals surface area contributed by atoms with E-state index in [0.717, 1.165) is 34.3 Å². The third-order valence-corrected chi connectivity index (χ3v) is 4.30. The molecule has 25 heavy (non-hydrogen) atoms. The summed E-state index contributed by atoms with van der Waals surface area (Å²) in [7, 11) is 0. The van der Waals surface area contributed by atoms with Crippen molar-refractivity contribution in [3.05, 3.63) is 60.4 Å². The number of aromatic nitrogens is 1. The predicted molar refractivity (Wildman–Crippen MR) is 101 cm³/mol. The molecule has 0 aliphatic carbocycles. The minimum Gasteiger partial charge on any atom is -0.493 e. The van der Waals surface area contributed by atoms with Gasteiger partial charge in [-0.1, -0.05) is 56.9 Å². The van der Waals surface area contributed by atoms with Crippen molar-refractivity contribution in [3.63, 3.8) is 0 Å². The van der Waals surface area contributed by atoms with Crippen LogP contribution in [0.15, 0.2) is 54.6 Å². The molecule has 0 spiro atoms. The largest absolute Gasteiger partial charge is 0.493 e. The molecular weight excluding hydrogens is 313 g/mol. The Kier molecular flexibility index (Phi) is 5.99. The van der Waals surface area contributed by atoms with Crippen molar-refractivity contribution < 1.29 is 9.13 Å². The molecule has 0 N–H and O–H groups in total. The summed E-state index contributed by atoms with van der Waals surface area (Å²) >= 11 is 0. The van der Waals surface area contributed by atoms with E-state index >= 15 is 0 Å². The van der Waals surface area contributed by atoms with Crippen molar-refractivity contribution in [3.8, 4) is 17.0 Å². The fourth-order valence-corrected chi connectivity index (χ4v) is 2.95. The van der Waals surface area contributed by atoms with Crippen molar-refractivity contribution in [2.24, 2.45) is 0 Å². The topological polar surface area (TPSA) is 22.1 Å². The van der Waals surface area contributed by atoms with E-state index in [1.165, 1.54) is 37.8 Å². The molecule has 0 aliphatic heterocycles. The van der Waals surface area contributed by atoms with Gasteiger partial charge in [-0.05, 0) is 30.7 Å². The highest BCUT2D eigenvalue weighted by Crippen LogP contribution is 2.30. The first kappa shape index (κ1) is 17.4. The monoisotopic (exact) mass is 337 g/mol. The Morgan fingerprint density at radius 2 is 1.76 bits per heavy atom. The molecule has 0 radical (unpaired) electrons. The Labute approximate surface area is 148 Å². The van der Waals surface area contributed by atoms with Gasteiger partial charge in [-0.25, -0.2) is 9.37 Å². The Bertz CT molecular complexity index is 831. The Morgan fingerprint density at radius 1 is 0.920 bits per heavy atom. The third-order valence-electron chi connectivity index (χ3n) is 4.30. The number of benzene rings is 2. The minimum atomic E-state index is -0.258. The molecule has 130 valence electrons. The molecule has 0 unspecified atom stereocenters. The second-order valence-electron chi connectivity index (χ2n) is 6.30. The van der Waals surface area contributed by atoms with E-state index in [9.17, 15) is 4.39 Å². The molecule has 0 saturated carbocycles. The number of hydrogen-bond donors (Lipinski definition) is 0. The van der Waals surface area contributed by atoms with E-state index in [1.807, 2.05) is 36.4 Å². The highest BCUT2D eigenvalue weighted by atomic mass is 19.1. The second-order valence-corrected chi connectivity index (χ2v) is 6.30. The maximum atomic E-state index is 13.6. The van der Waals surface area contributed by atoms with Gasteiger partial charge in [0.05, 0.1) is 17.8 Å². The van der Waals surface area contributed by atoms with E-state index in [2.05, 4.69) is 11.9 Å². The highest BCUT2D eigenvalue weighted by Gasteiger charge is 2.09. The first-order valence-corrected chi connectivity index (χ1v) is 9.06. The Hall–Kier alpha value is -2.42. The zero-order valence-electron chi connectivity index (χ0n) is 14.7. The molecule has 0 aliphatic rings. The fraction of sp³-hybridized carbons (Fsp3) is 0.318. The maximum Gasteiger partial charge on any atom is 0.130 e. The van der Waals surface area contributed by atoms with Gasteiger partial charge in [0.15, 0.2) is 0 Å². The summed E-state index contributed by atoms with van der Waals surface area (Å²) in [5, 5.41) is 0.996. The molecule has 0 amide bonds. The van der Waals surface area contributed by atoms with E-state index in [0.29, 0.717) is 6.61 Å². The van der Waals surface area contributed by atoms with E-state index in [1.54, 1.807) is 6.07 Å². The average Bonchev–Trinajstić information content (AvgIpc) is 2.64. The van der Waals surface area contributed by atoms with Crippen molar-refractivity contribution in [2.45, 2.75) is 39.0 Å². The maximum absolute atomic E-state index is 13.6. The van der Waals surface area contributed by atoms with Crippen molar-refractivity contribution in [1.82, 2.24) is 4.98 Å². The summed E-state index contributed by atoms with van der Waals surface area (Å²) in [5.41, 5.74) is 2.36. The third kappa shape index (κ3) is 4.56. The zero-order valence-corrected chi connectivity index (χ0v) is 14.7. The predicted octanol–water partition coefficient (Wildman–Crippen LogP) is 6.39. The summed E-state index contributed by atoms with van der Waals surface area (Å²) in [6.45, 7) is 2.91. The summed E-state index contributed by atoms with van der Waals surface area (Å²) in [6, 6.07) is 16.4. The van der Waals surface area contributed by atoms with Crippen LogP contribution in [0.5, 0.6) is 5.75 Å². The summed E-state index contributed by atoms with van der Waals surface area (Å²) in [4.78, 5) is 4.67. The average molecular weight is 337 g/mol. The normalized spacial score (nSPS) is 11.0. The van der Waals surface area contributed by atoms with Gasteiger partial charge >= 0.3 is 0 Å². The molecule has 0 atom stereocenters. The number of unbranched alkanes of at least 4 members (excludes halogenated alkanes) is 4. The van der Waals surface area contributed by atoms with E-state index < -0.39 is 0 Å². The minimum absolute atomic E-state index is 0.258. The molecule has 3 heteroatoms. The van der Waals surface area contributed by atoms with Crippen LogP contribution in [0, 0.1) is 5.82 Å². The van der Waals surface area contributed by atoms with Gasteiger partial charge in [-0.15, -0.1) is 0 Å². The summed E-state index contributed by atoms with van der Waals surface area (Å²) in [6.07, 6.45) is 6.01. The summed E-state index contributed by atoms with van der Waals surface area (Å²) in [5.74, 6) is 0.561. The molecular formula is C22H24FNO. The number of halogens is 1. The fourth-order valence-electron chi connectivity index (χ4n) is 2.95. The molecule has 1 aromatic heterocycles. The lowest BCUT2D eigenvalue weighted by atomic mass is 10.1. The van der Waals surface area contributed by atoms with Crippen LogP contribution in [0.3, 0.4) is 0 Å².